The molecule has 1 amide bonds. The maximum absolute atomic E-state index is 11.1. The second-order valence-corrected chi connectivity index (χ2v) is 3.34. The van der Waals surface area contributed by atoms with Crippen molar-refractivity contribution < 1.29 is 15.0 Å². The van der Waals surface area contributed by atoms with E-state index in [9.17, 15) is 4.79 Å². The first kappa shape index (κ1) is 9.48. The molecule has 2 N–H and O–H groups in total. The monoisotopic (exact) mass is 173 g/mol. The number of hydrogen-bond donors (Lipinski definition) is 2. The number of aliphatic hydroxyl groups is 2. The summed E-state index contributed by atoms with van der Waals surface area (Å²) in [6.07, 6.45) is -0.0693. The van der Waals surface area contributed by atoms with Gasteiger partial charge in [0.05, 0.1) is 18.6 Å². The van der Waals surface area contributed by atoms with Crippen LogP contribution in [0.4, 0.5) is 0 Å². The van der Waals surface area contributed by atoms with Crippen molar-refractivity contribution in [1.82, 2.24) is 4.90 Å². The molecule has 1 aliphatic rings. The Balaban J connectivity index is 2.28. The van der Waals surface area contributed by atoms with Crippen LogP contribution in [-0.4, -0.2) is 46.3 Å². The molecule has 4 heteroatoms. The molecule has 1 rings (SSSR count). The zero-order valence-corrected chi connectivity index (χ0v) is 7.23. The number of likely N-dealkylation sites (tertiary alicyclic amines) is 1. The Hall–Kier alpha value is -0.610. The average Bonchev–Trinajstić information content (AvgIpc) is 2.26. The number of rotatable bonds is 3. The number of β-amino-alcohol motifs (C(OH)–C–C–N with tert-alkyl or cyclic N) is 1. The molecule has 4 nitrogen and oxygen atoms in total. The Bertz CT molecular complexity index is 170. The lowest BCUT2D eigenvalue weighted by molar-refractivity contribution is -0.128. The zero-order valence-electron chi connectivity index (χ0n) is 7.23. The van der Waals surface area contributed by atoms with Gasteiger partial charge in [0, 0.05) is 13.1 Å². The van der Waals surface area contributed by atoms with E-state index in [-0.39, 0.29) is 18.4 Å². The predicted molar refractivity (Wildman–Crippen MR) is 43.5 cm³/mol. The molecule has 0 aliphatic carbocycles. The summed E-state index contributed by atoms with van der Waals surface area (Å²) >= 11 is 0. The third-order valence-electron chi connectivity index (χ3n) is 2.01. The Kier molecular flexibility index (Phi) is 3.05. The molecule has 70 valence electrons. The fourth-order valence-corrected chi connectivity index (χ4v) is 1.31. The Morgan fingerprint density at radius 2 is 2.42 bits per heavy atom. The SMILES string of the molecule is CC(O)CCN1CC(O)CC1=O. The normalized spacial score (nSPS) is 26.4. The van der Waals surface area contributed by atoms with E-state index in [1.165, 1.54) is 0 Å². The van der Waals surface area contributed by atoms with Crippen molar-refractivity contribution in [1.29, 1.82) is 0 Å². The summed E-state index contributed by atoms with van der Waals surface area (Å²) < 4.78 is 0. The quantitative estimate of drug-likeness (QED) is 0.596. The summed E-state index contributed by atoms with van der Waals surface area (Å²) in [5, 5.41) is 18.1. The Morgan fingerprint density at radius 3 is 2.83 bits per heavy atom. The second kappa shape index (κ2) is 3.87. The average molecular weight is 173 g/mol. The highest BCUT2D eigenvalue weighted by Gasteiger charge is 2.27. The first-order valence-corrected chi connectivity index (χ1v) is 4.23. The van der Waals surface area contributed by atoms with Crippen LogP contribution in [0.15, 0.2) is 0 Å². The molecule has 0 saturated carbocycles. The lowest BCUT2D eigenvalue weighted by Gasteiger charge is -2.16. The fourth-order valence-electron chi connectivity index (χ4n) is 1.31. The van der Waals surface area contributed by atoms with Crippen molar-refractivity contribution >= 4 is 5.91 Å². The van der Waals surface area contributed by atoms with Gasteiger partial charge < -0.3 is 15.1 Å². The first-order valence-electron chi connectivity index (χ1n) is 4.23. The molecule has 2 unspecified atom stereocenters. The van der Waals surface area contributed by atoms with Crippen molar-refractivity contribution in [2.24, 2.45) is 0 Å². The van der Waals surface area contributed by atoms with E-state index in [1.54, 1.807) is 11.8 Å². The van der Waals surface area contributed by atoms with Crippen LogP contribution in [0, 0.1) is 0 Å². The molecule has 0 aromatic rings. The van der Waals surface area contributed by atoms with Gasteiger partial charge in [0.1, 0.15) is 0 Å². The van der Waals surface area contributed by atoms with Gasteiger partial charge in [-0.25, -0.2) is 0 Å². The van der Waals surface area contributed by atoms with Gasteiger partial charge in [-0.2, -0.15) is 0 Å². The Morgan fingerprint density at radius 1 is 1.75 bits per heavy atom. The molecule has 1 heterocycles. The summed E-state index contributed by atoms with van der Waals surface area (Å²) in [6.45, 7) is 2.66. The van der Waals surface area contributed by atoms with Crippen LogP contribution in [0.2, 0.25) is 0 Å². The van der Waals surface area contributed by atoms with Crippen molar-refractivity contribution in [3.05, 3.63) is 0 Å². The maximum atomic E-state index is 11.1. The highest BCUT2D eigenvalue weighted by atomic mass is 16.3. The first-order chi connectivity index (χ1) is 5.59. The number of hydrogen-bond acceptors (Lipinski definition) is 3. The standard InChI is InChI=1S/C8H15NO3/c1-6(10)2-3-9-5-7(11)4-8(9)12/h6-7,10-11H,2-5H2,1H3. The molecule has 1 saturated heterocycles. The minimum Gasteiger partial charge on any atom is -0.393 e. The largest absolute Gasteiger partial charge is 0.393 e. The van der Waals surface area contributed by atoms with Gasteiger partial charge in [-0.15, -0.1) is 0 Å². The summed E-state index contributed by atoms with van der Waals surface area (Å²) in [4.78, 5) is 12.7. The van der Waals surface area contributed by atoms with Crippen LogP contribution < -0.4 is 0 Å². The van der Waals surface area contributed by atoms with Gasteiger partial charge in [0.25, 0.3) is 0 Å². The van der Waals surface area contributed by atoms with Crippen LogP contribution in [0.25, 0.3) is 0 Å². The van der Waals surface area contributed by atoms with E-state index in [0.29, 0.717) is 19.5 Å². The topological polar surface area (TPSA) is 60.8 Å². The molecule has 2 atom stereocenters. The van der Waals surface area contributed by atoms with Crippen LogP contribution in [0.3, 0.4) is 0 Å². The van der Waals surface area contributed by atoms with E-state index < -0.39 is 6.10 Å². The summed E-state index contributed by atoms with van der Waals surface area (Å²) in [6, 6.07) is 0. The number of aliphatic hydroxyl groups excluding tert-OH is 2. The summed E-state index contributed by atoms with van der Waals surface area (Å²) in [7, 11) is 0. The predicted octanol–water partition coefficient (Wildman–Crippen LogP) is -0.650. The van der Waals surface area contributed by atoms with Gasteiger partial charge in [-0.05, 0) is 13.3 Å². The van der Waals surface area contributed by atoms with Gasteiger partial charge in [-0.3, -0.25) is 4.79 Å². The highest BCUT2D eigenvalue weighted by Crippen LogP contribution is 2.11. The third-order valence-corrected chi connectivity index (χ3v) is 2.01. The van der Waals surface area contributed by atoms with Gasteiger partial charge in [-0.1, -0.05) is 0 Å². The van der Waals surface area contributed by atoms with Gasteiger partial charge in [0.2, 0.25) is 5.91 Å². The molecule has 12 heavy (non-hydrogen) atoms. The molecule has 1 fully saturated rings. The van der Waals surface area contributed by atoms with Gasteiger partial charge >= 0.3 is 0 Å². The second-order valence-electron chi connectivity index (χ2n) is 3.34. The lowest BCUT2D eigenvalue weighted by Crippen LogP contribution is -2.28. The van der Waals surface area contributed by atoms with E-state index in [1.807, 2.05) is 0 Å². The number of amides is 1. The van der Waals surface area contributed by atoms with E-state index >= 15 is 0 Å². The maximum Gasteiger partial charge on any atom is 0.225 e. The zero-order chi connectivity index (χ0) is 9.14. The number of nitrogens with zero attached hydrogens (tertiary/aromatic N) is 1. The molecular weight excluding hydrogens is 158 g/mol. The molecule has 1 aliphatic heterocycles. The highest BCUT2D eigenvalue weighted by molar-refractivity contribution is 5.78. The van der Waals surface area contributed by atoms with E-state index in [0.717, 1.165) is 0 Å². The van der Waals surface area contributed by atoms with Crippen LogP contribution in [0.5, 0.6) is 0 Å². The minimum absolute atomic E-state index is 0.0110. The molecule has 0 aromatic carbocycles. The summed E-state index contributed by atoms with van der Waals surface area (Å²) in [5.74, 6) is -0.0110. The van der Waals surface area contributed by atoms with Crippen molar-refractivity contribution in [2.45, 2.75) is 32.0 Å². The fraction of sp³-hybridized carbons (Fsp3) is 0.875. The van der Waals surface area contributed by atoms with Crippen LogP contribution in [-0.2, 0) is 4.79 Å². The van der Waals surface area contributed by atoms with Crippen LogP contribution >= 0.6 is 0 Å². The lowest BCUT2D eigenvalue weighted by atomic mass is 10.3. The Labute approximate surface area is 71.8 Å². The molecule has 0 radical (unpaired) electrons. The summed E-state index contributed by atoms with van der Waals surface area (Å²) in [5.41, 5.74) is 0. The van der Waals surface area contributed by atoms with Gasteiger partial charge in [0.15, 0.2) is 0 Å². The smallest absolute Gasteiger partial charge is 0.225 e. The molecule has 0 spiro atoms. The molecule has 0 bridgehead atoms. The number of carbonyl (C=O) groups is 1. The van der Waals surface area contributed by atoms with Crippen LogP contribution in [0.1, 0.15) is 19.8 Å². The third kappa shape index (κ3) is 2.46. The molecular formula is C8H15NO3. The van der Waals surface area contributed by atoms with Crippen molar-refractivity contribution in [3.63, 3.8) is 0 Å². The van der Waals surface area contributed by atoms with E-state index in [2.05, 4.69) is 0 Å². The van der Waals surface area contributed by atoms with Crippen molar-refractivity contribution in [2.75, 3.05) is 13.1 Å². The van der Waals surface area contributed by atoms with E-state index in [4.69, 9.17) is 10.2 Å². The minimum atomic E-state index is -0.508. The molecule has 0 aromatic heterocycles. The number of carbonyl (C=O) groups excluding carboxylic acids is 1. The van der Waals surface area contributed by atoms with Crippen molar-refractivity contribution in [3.8, 4) is 0 Å².